The van der Waals surface area contributed by atoms with Gasteiger partial charge in [0, 0.05) is 19.3 Å². The maximum Gasteiger partial charge on any atom is 0.143 e. The number of nitrogens with two attached hydrogens (primary N) is 1. The number of ether oxygens (including phenoxy) is 1. The zero-order valence-corrected chi connectivity index (χ0v) is 10.3. The first kappa shape index (κ1) is 12.8. The molecular formula is C12H18N4O2. The molecule has 0 radical (unpaired) electrons. The van der Waals surface area contributed by atoms with E-state index in [1.165, 1.54) is 0 Å². The van der Waals surface area contributed by atoms with Crippen molar-refractivity contribution in [2.45, 2.75) is 19.1 Å². The lowest BCUT2D eigenvalue weighted by Crippen LogP contribution is -2.48. The van der Waals surface area contributed by atoms with Gasteiger partial charge in [0.2, 0.25) is 0 Å². The van der Waals surface area contributed by atoms with Gasteiger partial charge in [-0.15, -0.1) is 0 Å². The highest BCUT2D eigenvalue weighted by atomic mass is 16.5. The number of anilines is 1. The lowest BCUT2D eigenvalue weighted by Gasteiger charge is -2.38. The summed E-state index contributed by atoms with van der Waals surface area (Å²) in [5.41, 5.74) is 6.83. The van der Waals surface area contributed by atoms with Crippen LogP contribution in [0.2, 0.25) is 0 Å². The van der Waals surface area contributed by atoms with Crippen molar-refractivity contribution in [2.24, 2.45) is 5.73 Å². The Hall–Kier alpha value is -1.66. The number of hydrogen-bond donors (Lipinski definition) is 3. The number of pyridine rings is 1. The Morgan fingerprint density at radius 3 is 3.11 bits per heavy atom. The van der Waals surface area contributed by atoms with Gasteiger partial charge in [0.1, 0.15) is 11.5 Å². The average Bonchev–Trinajstić information content (AvgIpc) is 2.38. The number of hydrogen-bond acceptors (Lipinski definition) is 5. The summed E-state index contributed by atoms with van der Waals surface area (Å²) in [5, 5.41) is 16.8. The normalized spacial score (nSPS) is 24.0. The molecule has 1 fully saturated rings. The van der Waals surface area contributed by atoms with Gasteiger partial charge in [0.15, 0.2) is 0 Å². The van der Waals surface area contributed by atoms with E-state index in [4.69, 9.17) is 15.9 Å². The minimum absolute atomic E-state index is 0.0174. The zero-order chi connectivity index (χ0) is 13.1. The van der Waals surface area contributed by atoms with Crippen molar-refractivity contribution in [3.63, 3.8) is 0 Å². The monoisotopic (exact) mass is 250 g/mol. The second kappa shape index (κ2) is 5.32. The predicted molar refractivity (Wildman–Crippen MR) is 68.9 cm³/mol. The van der Waals surface area contributed by atoms with Gasteiger partial charge in [-0.2, -0.15) is 0 Å². The van der Waals surface area contributed by atoms with Gasteiger partial charge in [-0.05, 0) is 19.1 Å². The van der Waals surface area contributed by atoms with Gasteiger partial charge < -0.3 is 20.5 Å². The van der Waals surface area contributed by atoms with Gasteiger partial charge in [-0.3, -0.25) is 10.4 Å². The van der Waals surface area contributed by atoms with E-state index in [1.807, 2.05) is 19.1 Å². The number of nitrogens with one attached hydrogen (secondary N) is 1. The van der Waals surface area contributed by atoms with Gasteiger partial charge in [0.25, 0.3) is 0 Å². The van der Waals surface area contributed by atoms with Crippen LogP contribution in [0.3, 0.4) is 0 Å². The molecule has 0 amide bonds. The molecule has 1 aliphatic rings. The molecule has 1 aromatic rings. The Balaban J connectivity index is 2.27. The van der Waals surface area contributed by atoms with Gasteiger partial charge in [-0.1, -0.05) is 0 Å². The van der Waals surface area contributed by atoms with Crippen LogP contribution < -0.4 is 10.6 Å². The van der Waals surface area contributed by atoms with E-state index in [0.29, 0.717) is 18.8 Å². The van der Waals surface area contributed by atoms with Crippen LogP contribution in [0.1, 0.15) is 12.6 Å². The molecule has 1 aromatic heterocycles. The number of aromatic nitrogens is 1. The van der Waals surface area contributed by atoms with Crippen LogP contribution >= 0.6 is 0 Å². The molecule has 0 bridgehead atoms. The predicted octanol–water partition coefficient (Wildman–Crippen LogP) is -0.0483. The van der Waals surface area contributed by atoms with Crippen LogP contribution in [0.25, 0.3) is 0 Å². The molecule has 1 saturated heterocycles. The van der Waals surface area contributed by atoms with Crippen molar-refractivity contribution in [3.8, 4) is 0 Å². The molecule has 0 saturated carbocycles. The summed E-state index contributed by atoms with van der Waals surface area (Å²) in [6, 6.07) is 3.70. The molecule has 0 aliphatic carbocycles. The fourth-order valence-corrected chi connectivity index (χ4v) is 2.20. The smallest absolute Gasteiger partial charge is 0.143 e. The van der Waals surface area contributed by atoms with E-state index >= 15 is 0 Å². The lowest BCUT2D eigenvalue weighted by atomic mass is 10.1. The van der Waals surface area contributed by atoms with Crippen LogP contribution in [-0.4, -0.2) is 47.8 Å². The van der Waals surface area contributed by atoms with E-state index in [1.54, 1.807) is 6.20 Å². The highest BCUT2D eigenvalue weighted by Crippen LogP contribution is 2.22. The topological polar surface area (TPSA) is 95.5 Å². The number of rotatable bonds is 3. The molecule has 6 heteroatoms. The Bertz CT molecular complexity index is 438. The van der Waals surface area contributed by atoms with E-state index in [0.717, 1.165) is 5.69 Å². The van der Waals surface area contributed by atoms with Crippen molar-refractivity contribution >= 4 is 11.5 Å². The Labute approximate surface area is 106 Å². The zero-order valence-electron chi connectivity index (χ0n) is 10.3. The molecular weight excluding hydrogens is 232 g/mol. The van der Waals surface area contributed by atoms with Crippen molar-refractivity contribution in [2.75, 3.05) is 24.6 Å². The summed E-state index contributed by atoms with van der Waals surface area (Å²) in [5.74, 6) is -0.0507. The molecule has 1 aliphatic heterocycles. The summed E-state index contributed by atoms with van der Waals surface area (Å²) in [6.45, 7) is 3.21. The molecule has 2 rings (SSSR count). The van der Waals surface area contributed by atoms with Crippen LogP contribution in [-0.2, 0) is 4.74 Å². The van der Waals surface area contributed by atoms with Gasteiger partial charge >= 0.3 is 0 Å². The number of nitrogens with zero attached hydrogens (tertiary/aromatic N) is 2. The summed E-state index contributed by atoms with van der Waals surface area (Å²) >= 11 is 0. The van der Waals surface area contributed by atoms with Gasteiger partial charge in [0.05, 0.1) is 24.5 Å². The number of aliphatic hydroxyl groups is 1. The third-order valence-electron chi connectivity index (χ3n) is 2.91. The fourth-order valence-electron chi connectivity index (χ4n) is 2.20. The molecule has 0 spiro atoms. The van der Waals surface area contributed by atoms with Crippen LogP contribution in [0.5, 0.6) is 0 Å². The first-order chi connectivity index (χ1) is 8.61. The van der Waals surface area contributed by atoms with Crippen molar-refractivity contribution in [1.82, 2.24) is 4.98 Å². The van der Waals surface area contributed by atoms with Gasteiger partial charge in [-0.25, -0.2) is 0 Å². The maximum absolute atomic E-state index is 9.22. The van der Waals surface area contributed by atoms with Crippen molar-refractivity contribution in [1.29, 1.82) is 5.41 Å². The summed E-state index contributed by atoms with van der Waals surface area (Å²) in [4.78, 5) is 6.19. The highest BCUT2D eigenvalue weighted by Gasteiger charge is 2.26. The lowest BCUT2D eigenvalue weighted by molar-refractivity contribution is -0.0421. The molecule has 2 atom stereocenters. The summed E-state index contributed by atoms with van der Waals surface area (Å²) < 4.78 is 5.59. The minimum Gasteiger partial charge on any atom is -0.394 e. The Morgan fingerprint density at radius 2 is 2.44 bits per heavy atom. The quantitative estimate of drug-likeness (QED) is 0.516. The number of morpholine rings is 1. The molecule has 18 heavy (non-hydrogen) atoms. The Morgan fingerprint density at radius 1 is 1.67 bits per heavy atom. The van der Waals surface area contributed by atoms with Crippen molar-refractivity contribution < 1.29 is 9.84 Å². The third kappa shape index (κ3) is 2.60. The number of nitrogen functional groups attached to an aromatic ring is 1. The standard InChI is InChI=1S/C12H18N4O2/c1-8-5-16(6-9(7-17)18-8)10-3-2-4-15-11(10)12(13)14/h2-4,8-9,17H,5-7H2,1H3,(H3,13,14). The second-order valence-electron chi connectivity index (χ2n) is 4.44. The van der Waals surface area contributed by atoms with E-state index in [2.05, 4.69) is 9.88 Å². The molecule has 2 heterocycles. The van der Waals surface area contributed by atoms with E-state index in [9.17, 15) is 5.11 Å². The molecule has 2 unspecified atom stereocenters. The molecule has 4 N–H and O–H groups in total. The third-order valence-corrected chi connectivity index (χ3v) is 2.91. The Kier molecular flexibility index (Phi) is 3.78. The van der Waals surface area contributed by atoms with Crippen molar-refractivity contribution in [3.05, 3.63) is 24.0 Å². The fraction of sp³-hybridized carbons (Fsp3) is 0.500. The number of aliphatic hydroxyl groups excluding tert-OH is 1. The van der Waals surface area contributed by atoms with Crippen LogP contribution in [0, 0.1) is 5.41 Å². The maximum atomic E-state index is 9.22. The molecule has 0 aromatic carbocycles. The summed E-state index contributed by atoms with van der Waals surface area (Å²) in [6.07, 6.45) is 1.43. The second-order valence-corrected chi connectivity index (χ2v) is 4.44. The SMILES string of the molecule is CC1CN(c2cccnc2C(=N)N)CC(CO)O1. The molecule has 6 nitrogen and oxygen atoms in total. The summed E-state index contributed by atoms with van der Waals surface area (Å²) in [7, 11) is 0. The van der Waals surface area contributed by atoms with E-state index in [-0.39, 0.29) is 24.7 Å². The number of amidine groups is 1. The van der Waals surface area contributed by atoms with E-state index < -0.39 is 0 Å². The first-order valence-electron chi connectivity index (χ1n) is 5.92. The first-order valence-corrected chi connectivity index (χ1v) is 5.92. The highest BCUT2D eigenvalue weighted by molar-refractivity contribution is 5.98. The minimum atomic E-state index is -0.214. The largest absolute Gasteiger partial charge is 0.394 e. The average molecular weight is 250 g/mol. The van der Waals surface area contributed by atoms with Crippen LogP contribution in [0.15, 0.2) is 18.3 Å². The molecule has 98 valence electrons. The van der Waals surface area contributed by atoms with Crippen LogP contribution in [0.4, 0.5) is 5.69 Å².